The molecule has 1 aromatic carbocycles. The Bertz CT molecular complexity index is 743. The molecular formula is C18H20N2O3S. The van der Waals surface area contributed by atoms with E-state index in [0.29, 0.717) is 11.3 Å². The molecule has 24 heavy (non-hydrogen) atoms. The largest absolute Gasteiger partial charge is 0.465 e. The van der Waals surface area contributed by atoms with E-state index < -0.39 is 5.97 Å². The van der Waals surface area contributed by atoms with Crippen LogP contribution in [0.15, 0.2) is 35.7 Å². The van der Waals surface area contributed by atoms with Crippen LogP contribution in [0.3, 0.4) is 0 Å². The van der Waals surface area contributed by atoms with Crippen LogP contribution in [-0.2, 0) is 4.74 Å². The van der Waals surface area contributed by atoms with Gasteiger partial charge in [0.2, 0.25) is 0 Å². The maximum atomic E-state index is 12.7. The number of hydrogen-bond donors (Lipinski definition) is 1. The van der Waals surface area contributed by atoms with Crippen molar-refractivity contribution in [2.24, 2.45) is 0 Å². The number of methoxy groups -OCH3 is 1. The lowest BCUT2D eigenvalue weighted by atomic mass is 10.1. The van der Waals surface area contributed by atoms with Gasteiger partial charge in [0, 0.05) is 17.1 Å². The molecule has 0 radical (unpaired) electrons. The molecule has 3 rings (SSSR count). The number of ether oxygens (including phenoxy) is 1. The van der Waals surface area contributed by atoms with Gasteiger partial charge in [0.1, 0.15) is 0 Å². The Morgan fingerprint density at radius 2 is 2.17 bits per heavy atom. The van der Waals surface area contributed by atoms with E-state index in [0.717, 1.165) is 24.9 Å². The minimum Gasteiger partial charge on any atom is -0.465 e. The zero-order valence-corrected chi connectivity index (χ0v) is 14.6. The summed E-state index contributed by atoms with van der Waals surface area (Å²) in [6.07, 6.45) is 1.98. The highest BCUT2D eigenvalue weighted by atomic mass is 32.1. The second-order valence-electron chi connectivity index (χ2n) is 5.82. The van der Waals surface area contributed by atoms with Crippen LogP contribution in [-0.4, -0.2) is 30.6 Å². The smallest absolute Gasteiger partial charge is 0.337 e. The summed E-state index contributed by atoms with van der Waals surface area (Å²) in [5.41, 5.74) is 1.97. The van der Waals surface area contributed by atoms with Crippen LogP contribution in [0.25, 0.3) is 0 Å². The number of nitrogens with zero attached hydrogens (tertiary/aromatic N) is 1. The van der Waals surface area contributed by atoms with Crippen molar-refractivity contribution in [3.63, 3.8) is 0 Å². The van der Waals surface area contributed by atoms with Gasteiger partial charge < -0.3 is 15.0 Å². The van der Waals surface area contributed by atoms with E-state index in [1.807, 2.05) is 29.3 Å². The van der Waals surface area contributed by atoms with E-state index >= 15 is 0 Å². The molecule has 1 fully saturated rings. The highest BCUT2D eigenvalue weighted by molar-refractivity contribution is 7.10. The van der Waals surface area contributed by atoms with Crippen molar-refractivity contribution in [1.29, 1.82) is 0 Å². The van der Waals surface area contributed by atoms with E-state index in [2.05, 4.69) is 11.4 Å². The number of benzene rings is 1. The number of thiophene rings is 1. The van der Waals surface area contributed by atoms with Crippen molar-refractivity contribution >= 4 is 29.0 Å². The van der Waals surface area contributed by atoms with Crippen LogP contribution in [0.2, 0.25) is 0 Å². The fraction of sp³-hybridized carbons (Fsp3) is 0.333. The van der Waals surface area contributed by atoms with Crippen LogP contribution in [0.4, 0.5) is 10.5 Å². The molecule has 1 aromatic heterocycles. The van der Waals surface area contributed by atoms with Gasteiger partial charge >= 0.3 is 12.0 Å². The number of amides is 2. The van der Waals surface area contributed by atoms with E-state index in [4.69, 9.17) is 4.74 Å². The van der Waals surface area contributed by atoms with Crippen molar-refractivity contribution in [2.75, 3.05) is 19.0 Å². The molecule has 2 amide bonds. The van der Waals surface area contributed by atoms with Crippen molar-refractivity contribution < 1.29 is 14.3 Å². The number of nitrogens with one attached hydrogen (secondary N) is 1. The summed E-state index contributed by atoms with van der Waals surface area (Å²) < 4.78 is 4.74. The molecule has 126 valence electrons. The lowest BCUT2D eigenvalue weighted by molar-refractivity contribution is 0.0600. The minimum absolute atomic E-state index is 0.129. The first-order valence-electron chi connectivity index (χ1n) is 7.90. The lowest BCUT2D eigenvalue weighted by Crippen LogP contribution is -2.34. The normalized spacial score (nSPS) is 16.9. The Morgan fingerprint density at radius 1 is 1.33 bits per heavy atom. The van der Waals surface area contributed by atoms with Gasteiger partial charge in [-0.25, -0.2) is 9.59 Å². The van der Waals surface area contributed by atoms with Crippen molar-refractivity contribution in [3.05, 3.63) is 51.7 Å². The Balaban J connectivity index is 1.78. The first-order chi connectivity index (χ1) is 11.6. The van der Waals surface area contributed by atoms with Crippen LogP contribution >= 0.6 is 11.3 Å². The van der Waals surface area contributed by atoms with Crippen LogP contribution in [0.1, 0.15) is 39.7 Å². The maximum absolute atomic E-state index is 12.7. The summed E-state index contributed by atoms with van der Waals surface area (Å²) >= 11 is 1.68. The fourth-order valence-corrected chi connectivity index (χ4v) is 3.85. The Morgan fingerprint density at radius 3 is 2.88 bits per heavy atom. The number of carbonyl (C=O) groups is 2. The number of rotatable bonds is 3. The number of esters is 1. The zero-order chi connectivity index (χ0) is 17.1. The number of likely N-dealkylation sites (tertiary alicyclic amines) is 1. The van der Waals surface area contributed by atoms with E-state index in [1.165, 1.54) is 12.0 Å². The quantitative estimate of drug-likeness (QED) is 0.849. The molecule has 1 N–H and O–H groups in total. The molecule has 0 unspecified atom stereocenters. The molecule has 2 heterocycles. The van der Waals surface area contributed by atoms with Gasteiger partial charge in [-0.2, -0.15) is 0 Å². The fourth-order valence-electron chi connectivity index (χ4n) is 2.97. The average Bonchev–Trinajstić information content (AvgIpc) is 3.26. The molecule has 0 aliphatic carbocycles. The Kier molecular flexibility index (Phi) is 4.85. The van der Waals surface area contributed by atoms with E-state index in [9.17, 15) is 9.59 Å². The zero-order valence-electron chi connectivity index (χ0n) is 13.7. The molecule has 2 aromatic rings. The minimum atomic E-state index is -0.414. The number of hydrogen-bond acceptors (Lipinski definition) is 4. The summed E-state index contributed by atoms with van der Waals surface area (Å²) in [6.45, 7) is 2.64. The standard InChI is InChI=1S/C18H20N2O3S/c1-12-7-8-13(17(21)23-2)11-14(12)19-18(22)20-9-3-5-15(20)16-6-4-10-24-16/h4,6-8,10-11,15H,3,5,9H2,1-2H3,(H,19,22)/t15-/m1/s1. The third-order valence-electron chi connectivity index (χ3n) is 4.29. The van der Waals surface area contributed by atoms with Gasteiger partial charge in [-0.15, -0.1) is 11.3 Å². The number of aryl methyl sites for hydroxylation is 1. The molecule has 5 nitrogen and oxygen atoms in total. The Hall–Kier alpha value is -2.34. The van der Waals surface area contributed by atoms with Crippen molar-refractivity contribution in [2.45, 2.75) is 25.8 Å². The molecule has 1 aliphatic rings. The van der Waals surface area contributed by atoms with Crippen molar-refractivity contribution in [1.82, 2.24) is 4.90 Å². The lowest BCUT2D eigenvalue weighted by Gasteiger charge is -2.24. The molecule has 6 heteroatoms. The Labute approximate surface area is 145 Å². The summed E-state index contributed by atoms with van der Waals surface area (Å²) in [6, 6.07) is 9.26. The number of anilines is 1. The van der Waals surface area contributed by atoms with Gasteiger partial charge in [0.15, 0.2) is 0 Å². The van der Waals surface area contributed by atoms with E-state index in [1.54, 1.807) is 23.5 Å². The third kappa shape index (κ3) is 3.28. The molecule has 0 spiro atoms. The van der Waals surface area contributed by atoms with E-state index in [-0.39, 0.29) is 12.1 Å². The molecule has 1 atom stereocenters. The van der Waals surface area contributed by atoms with Crippen molar-refractivity contribution in [3.8, 4) is 0 Å². The second-order valence-corrected chi connectivity index (χ2v) is 6.80. The predicted molar refractivity (Wildman–Crippen MR) is 94.5 cm³/mol. The summed E-state index contributed by atoms with van der Waals surface area (Å²) in [4.78, 5) is 27.5. The number of urea groups is 1. The van der Waals surface area contributed by atoms with Gasteiger partial charge in [0.25, 0.3) is 0 Å². The van der Waals surface area contributed by atoms with Crippen LogP contribution in [0.5, 0.6) is 0 Å². The van der Waals surface area contributed by atoms with Gasteiger partial charge in [0.05, 0.1) is 18.7 Å². The monoisotopic (exact) mass is 344 g/mol. The summed E-state index contributed by atoms with van der Waals surface area (Å²) in [7, 11) is 1.34. The number of carbonyl (C=O) groups excluding carboxylic acids is 2. The topological polar surface area (TPSA) is 58.6 Å². The molecule has 1 aliphatic heterocycles. The maximum Gasteiger partial charge on any atom is 0.337 e. The molecule has 1 saturated heterocycles. The van der Waals surface area contributed by atoms with Gasteiger partial charge in [-0.05, 0) is 48.9 Å². The average molecular weight is 344 g/mol. The highest BCUT2D eigenvalue weighted by Gasteiger charge is 2.30. The third-order valence-corrected chi connectivity index (χ3v) is 5.26. The molecule has 0 bridgehead atoms. The van der Waals surface area contributed by atoms with Gasteiger partial charge in [-0.3, -0.25) is 0 Å². The first kappa shape index (κ1) is 16.5. The predicted octanol–water partition coefficient (Wildman–Crippen LogP) is 4.21. The van der Waals surface area contributed by atoms with Crippen LogP contribution in [0, 0.1) is 6.92 Å². The SMILES string of the molecule is COC(=O)c1ccc(C)c(NC(=O)N2CCC[C@@H]2c2cccs2)c1. The second kappa shape index (κ2) is 7.05. The van der Waals surface area contributed by atoms with Crippen LogP contribution < -0.4 is 5.32 Å². The summed E-state index contributed by atoms with van der Waals surface area (Å²) in [5.74, 6) is -0.414. The molecular weight excluding hydrogens is 324 g/mol. The molecule has 0 saturated carbocycles. The highest BCUT2D eigenvalue weighted by Crippen LogP contribution is 2.35. The first-order valence-corrected chi connectivity index (χ1v) is 8.78. The summed E-state index contributed by atoms with van der Waals surface area (Å²) in [5, 5.41) is 4.98. The van der Waals surface area contributed by atoms with Gasteiger partial charge in [-0.1, -0.05) is 12.1 Å².